The van der Waals surface area contributed by atoms with Gasteiger partial charge in [0.1, 0.15) is 12.1 Å². The maximum Gasteiger partial charge on any atom is 0.313 e. The maximum absolute atomic E-state index is 11.4. The summed E-state index contributed by atoms with van der Waals surface area (Å²) in [5, 5.41) is 7.60. The predicted octanol–water partition coefficient (Wildman–Crippen LogP) is 0.0877. The van der Waals surface area contributed by atoms with Crippen LogP contribution in [0.5, 0.6) is 0 Å². The van der Waals surface area contributed by atoms with Crippen LogP contribution in [0.15, 0.2) is 9.95 Å². The molecule has 0 saturated heterocycles. The van der Waals surface area contributed by atoms with Crippen molar-refractivity contribution in [3.8, 4) is 0 Å². The van der Waals surface area contributed by atoms with Crippen molar-refractivity contribution in [1.82, 2.24) is 15.2 Å². The van der Waals surface area contributed by atoms with Crippen LogP contribution < -0.4 is 5.56 Å². The van der Waals surface area contributed by atoms with E-state index in [9.17, 15) is 14.4 Å². The molecule has 8 heteroatoms. The number of nitrogens with one attached hydrogen (secondary N) is 1. The number of hydrogen-bond acceptors (Lipinski definition) is 7. The summed E-state index contributed by atoms with van der Waals surface area (Å²) < 4.78 is 4.64. The van der Waals surface area contributed by atoms with Crippen molar-refractivity contribution in [2.24, 2.45) is 0 Å². The van der Waals surface area contributed by atoms with Gasteiger partial charge >= 0.3 is 5.97 Å². The van der Waals surface area contributed by atoms with E-state index in [1.807, 2.05) is 0 Å². The number of ketones is 1. The summed E-state index contributed by atoms with van der Waals surface area (Å²) in [4.78, 5) is 36.1. The summed E-state index contributed by atoms with van der Waals surface area (Å²) in [6.07, 6.45) is -0.273. The highest BCUT2D eigenvalue weighted by molar-refractivity contribution is 7.99. The number of thioether (sulfide) groups is 1. The van der Waals surface area contributed by atoms with Gasteiger partial charge in [0.15, 0.2) is 10.9 Å². The van der Waals surface area contributed by atoms with Gasteiger partial charge in [0, 0.05) is 0 Å². The molecule has 0 spiro atoms. The zero-order valence-corrected chi connectivity index (χ0v) is 10.9. The molecular weight excluding hydrogens is 258 g/mol. The lowest BCUT2D eigenvalue weighted by atomic mass is 10.3. The Morgan fingerprint density at radius 2 is 2.11 bits per heavy atom. The molecule has 0 radical (unpaired) electrons. The first-order valence-corrected chi connectivity index (χ1v) is 6.25. The van der Waals surface area contributed by atoms with Gasteiger partial charge in [0.2, 0.25) is 0 Å². The molecule has 0 aliphatic heterocycles. The van der Waals surface area contributed by atoms with Crippen molar-refractivity contribution in [3.05, 3.63) is 16.0 Å². The molecule has 18 heavy (non-hydrogen) atoms. The fourth-order valence-corrected chi connectivity index (χ4v) is 1.68. The van der Waals surface area contributed by atoms with Crippen LogP contribution in [-0.2, 0) is 14.3 Å². The lowest BCUT2D eigenvalue weighted by Gasteiger charge is -2.01. The Kier molecular flexibility index (Phi) is 5.50. The Balaban J connectivity index is 2.45. The van der Waals surface area contributed by atoms with Gasteiger partial charge in [-0.3, -0.25) is 19.4 Å². The molecule has 1 aromatic rings. The molecule has 0 aliphatic rings. The van der Waals surface area contributed by atoms with Gasteiger partial charge in [-0.25, -0.2) is 0 Å². The molecule has 0 amide bonds. The number of ether oxygens (including phenoxy) is 1. The number of H-pyrrole nitrogens is 1. The van der Waals surface area contributed by atoms with Gasteiger partial charge in [0.25, 0.3) is 5.56 Å². The number of aromatic amines is 1. The van der Waals surface area contributed by atoms with Crippen LogP contribution in [0.25, 0.3) is 0 Å². The molecule has 0 atom stereocenters. The highest BCUT2D eigenvalue weighted by Gasteiger charge is 2.11. The van der Waals surface area contributed by atoms with Crippen molar-refractivity contribution in [3.63, 3.8) is 0 Å². The monoisotopic (exact) mass is 271 g/mol. The third-order valence-electron chi connectivity index (χ3n) is 1.86. The second-order valence-electron chi connectivity index (χ2n) is 3.35. The molecule has 0 aromatic carbocycles. The maximum atomic E-state index is 11.4. The van der Waals surface area contributed by atoms with Crippen molar-refractivity contribution in [1.29, 1.82) is 0 Å². The predicted molar refractivity (Wildman–Crippen MR) is 64.4 cm³/mol. The van der Waals surface area contributed by atoms with E-state index >= 15 is 0 Å². The Morgan fingerprint density at radius 1 is 1.39 bits per heavy atom. The quantitative estimate of drug-likeness (QED) is 0.444. The zero-order chi connectivity index (χ0) is 13.5. The molecule has 98 valence electrons. The van der Waals surface area contributed by atoms with Crippen molar-refractivity contribution < 1.29 is 14.3 Å². The van der Waals surface area contributed by atoms with Gasteiger partial charge in [-0.2, -0.15) is 0 Å². The Bertz CT molecular complexity index is 500. The van der Waals surface area contributed by atoms with Gasteiger partial charge in [0.05, 0.1) is 12.4 Å². The fraction of sp³-hybridized carbons (Fsp3) is 0.500. The van der Waals surface area contributed by atoms with E-state index in [0.29, 0.717) is 0 Å². The summed E-state index contributed by atoms with van der Waals surface area (Å²) >= 11 is 1.02. The number of Topliss-reactive ketones (excluding diaryl/α,β-unsaturated/α-hetero) is 1. The van der Waals surface area contributed by atoms with Crippen LogP contribution in [0.4, 0.5) is 0 Å². The van der Waals surface area contributed by atoms with Gasteiger partial charge in [-0.15, -0.1) is 10.2 Å². The van der Waals surface area contributed by atoms with Crippen LogP contribution in [0.2, 0.25) is 0 Å². The lowest BCUT2D eigenvalue weighted by molar-refractivity contribution is -0.145. The second kappa shape index (κ2) is 6.90. The standard InChI is InChI=1S/C10H13N3O4S/c1-3-17-8(15)4-7(14)5-18-10-11-9(16)6(2)12-13-10/h3-5H2,1-2H3,(H,11,13,16). The fourth-order valence-electron chi connectivity index (χ4n) is 1.02. The minimum absolute atomic E-state index is 0.0342. The van der Waals surface area contributed by atoms with Gasteiger partial charge in [-0.1, -0.05) is 11.8 Å². The average molecular weight is 271 g/mol. The number of esters is 1. The molecule has 1 rings (SSSR count). The molecule has 1 aromatic heterocycles. The van der Waals surface area contributed by atoms with Crippen LogP contribution in [-0.4, -0.2) is 39.3 Å². The third kappa shape index (κ3) is 4.66. The van der Waals surface area contributed by atoms with E-state index in [2.05, 4.69) is 19.9 Å². The Morgan fingerprint density at radius 3 is 2.72 bits per heavy atom. The number of nitrogens with zero attached hydrogens (tertiary/aromatic N) is 2. The van der Waals surface area contributed by atoms with E-state index in [1.165, 1.54) is 6.92 Å². The average Bonchev–Trinajstić information content (AvgIpc) is 2.31. The minimum atomic E-state index is -0.549. The van der Waals surface area contributed by atoms with Crippen LogP contribution in [0.3, 0.4) is 0 Å². The second-order valence-corrected chi connectivity index (χ2v) is 4.32. The van der Waals surface area contributed by atoms with E-state index < -0.39 is 5.97 Å². The largest absolute Gasteiger partial charge is 0.466 e. The summed E-state index contributed by atoms with van der Waals surface area (Å²) in [6.45, 7) is 3.45. The summed E-state index contributed by atoms with van der Waals surface area (Å²) in [6, 6.07) is 0. The number of hydrogen-bond donors (Lipinski definition) is 1. The topological polar surface area (TPSA) is 102 Å². The van der Waals surface area contributed by atoms with E-state index in [-0.39, 0.29) is 41.0 Å². The van der Waals surface area contributed by atoms with Crippen molar-refractivity contribution >= 4 is 23.5 Å². The SMILES string of the molecule is CCOC(=O)CC(=O)CSc1nnc(C)c(=O)[nH]1. The number of carbonyl (C=O) groups excluding carboxylic acids is 2. The first-order chi connectivity index (χ1) is 8.52. The molecule has 0 bridgehead atoms. The minimum Gasteiger partial charge on any atom is -0.466 e. The van der Waals surface area contributed by atoms with Crippen LogP contribution in [0, 0.1) is 6.92 Å². The Hall–Kier alpha value is -1.70. The molecule has 0 fully saturated rings. The number of aromatic nitrogens is 3. The van der Waals surface area contributed by atoms with Crippen molar-refractivity contribution in [2.75, 3.05) is 12.4 Å². The van der Waals surface area contributed by atoms with E-state index in [4.69, 9.17) is 0 Å². The molecule has 7 nitrogen and oxygen atoms in total. The lowest BCUT2D eigenvalue weighted by Crippen LogP contribution is -2.16. The summed E-state index contributed by atoms with van der Waals surface area (Å²) in [7, 11) is 0. The van der Waals surface area contributed by atoms with E-state index in [1.54, 1.807) is 6.92 Å². The van der Waals surface area contributed by atoms with Crippen LogP contribution >= 0.6 is 11.8 Å². The van der Waals surface area contributed by atoms with Gasteiger partial charge in [-0.05, 0) is 13.8 Å². The third-order valence-corrected chi connectivity index (χ3v) is 2.78. The normalized spacial score (nSPS) is 10.1. The number of carbonyl (C=O) groups is 2. The van der Waals surface area contributed by atoms with Gasteiger partial charge < -0.3 is 4.74 Å². The molecule has 1 N–H and O–H groups in total. The highest BCUT2D eigenvalue weighted by atomic mass is 32.2. The number of aryl methyl sites for hydroxylation is 1. The first-order valence-electron chi connectivity index (χ1n) is 5.26. The molecule has 0 unspecified atom stereocenters. The number of rotatable bonds is 6. The first kappa shape index (κ1) is 14.4. The Labute approximate surface area is 107 Å². The summed E-state index contributed by atoms with van der Waals surface area (Å²) in [5.74, 6) is -0.805. The van der Waals surface area contributed by atoms with Crippen LogP contribution in [0.1, 0.15) is 19.0 Å². The molecule has 1 heterocycles. The highest BCUT2D eigenvalue weighted by Crippen LogP contribution is 2.10. The molecular formula is C10H13N3O4S. The summed E-state index contributed by atoms with van der Waals surface area (Å²) in [5.41, 5.74) is -0.0810. The zero-order valence-electron chi connectivity index (χ0n) is 10.1. The molecule has 0 saturated carbocycles. The molecule has 0 aliphatic carbocycles. The smallest absolute Gasteiger partial charge is 0.313 e. The van der Waals surface area contributed by atoms with E-state index in [0.717, 1.165) is 11.8 Å². The van der Waals surface area contributed by atoms with Crippen molar-refractivity contribution in [2.45, 2.75) is 25.4 Å².